The number of aromatic nitrogens is 2. The Bertz CT molecular complexity index is 1170. The van der Waals surface area contributed by atoms with E-state index in [2.05, 4.69) is 9.97 Å². The molecule has 2 heterocycles. The lowest BCUT2D eigenvalue weighted by Crippen LogP contribution is -2.30. The van der Waals surface area contributed by atoms with E-state index >= 15 is 0 Å². The first-order valence-corrected chi connectivity index (χ1v) is 9.81. The highest BCUT2D eigenvalue weighted by Crippen LogP contribution is 2.34. The zero-order valence-corrected chi connectivity index (χ0v) is 16.6. The molecule has 0 saturated carbocycles. The molecule has 0 N–H and O–H groups in total. The molecular formula is C20H12Cl2FN3OS. The predicted octanol–water partition coefficient (Wildman–Crippen LogP) is 5.98. The van der Waals surface area contributed by atoms with Gasteiger partial charge in [0.15, 0.2) is 5.13 Å². The quantitative estimate of drug-likeness (QED) is 0.398. The third-order valence-electron chi connectivity index (χ3n) is 4.06. The van der Waals surface area contributed by atoms with E-state index in [9.17, 15) is 9.18 Å². The van der Waals surface area contributed by atoms with E-state index in [1.807, 2.05) is 18.2 Å². The summed E-state index contributed by atoms with van der Waals surface area (Å²) in [5, 5.41) is 1.02. The number of carbonyl (C=O) groups is 1. The van der Waals surface area contributed by atoms with Crippen LogP contribution in [0.25, 0.3) is 10.2 Å². The Labute approximate surface area is 174 Å². The summed E-state index contributed by atoms with van der Waals surface area (Å²) in [4.78, 5) is 23.4. The minimum Gasteiger partial charge on any atom is -0.279 e. The van der Waals surface area contributed by atoms with Crippen molar-refractivity contribution in [2.45, 2.75) is 6.54 Å². The molecule has 0 aliphatic heterocycles. The number of nitrogens with zero attached hydrogens (tertiary/aromatic N) is 3. The van der Waals surface area contributed by atoms with Crippen molar-refractivity contribution in [3.63, 3.8) is 0 Å². The fourth-order valence-electron chi connectivity index (χ4n) is 2.73. The molecule has 0 atom stereocenters. The van der Waals surface area contributed by atoms with Crippen LogP contribution in [0.3, 0.4) is 0 Å². The van der Waals surface area contributed by atoms with Gasteiger partial charge in [0.1, 0.15) is 11.3 Å². The molecule has 0 aliphatic carbocycles. The van der Waals surface area contributed by atoms with E-state index in [0.29, 0.717) is 15.7 Å². The number of benzene rings is 2. The lowest BCUT2D eigenvalue weighted by molar-refractivity contribution is 0.0985. The molecule has 0 radical (unpaired) electrons. The van der Waals surface area contributed by atoms with Crippen LogP contribution >= 0.6 is 34.5 Å². The summed E-state index contributed by atoms with van der Waals surface area (Å²) in [6.07, 6.45) is 3.33. The highest BCUT2D eigenvalue weighted by Gasteiger charge is 2.24. The van der Waals surface area contributed by atoms with Gasteiger partial charge in [-0.15, -0.1) is 0 Å². The van der Waals surface area contributed by atoms with Crippen LogP contribution in [0.5, 0.6) is 0 Å². The monoisotopic (exact) mass is 431 g/mol. The largest absolute Gasteiger partial charge is 0.279 e. The van der Waals surface area contributed by atoms with Crippen molar-refractivity contribution in [3.8, 4) is 0 Å². The molecule has 0 fully saturated rings. The number of fused-ring (bicyclic) bond motifs is 1. The summed E-state index contributed by atoms with van der Waals surface area (Å²) in [7, 11) is 0. The Morgan fingerprint density at radius 3 is 2.68 bits per heavy atom. The van der Waals surface area contributed by atoms with E-state index < -0.39 is 5.82 Å². The van der Waals surface area contributed by atoms with Gasteiger partial charge in [-0.1, -0.05) is 46.7 Å². The predicted molar refractivity (Wildman–Crippen MR) is 111 cm³/mol. The molecule has 4 nitrogen and oxygen atoms in total. The van der Waals surface area contributed by atoms with Gasteiger partial charge in [-0.3, -0.25) is 14.7 Å². The summed E-state index contributed by atoms with van der Waals surface area (Å²) >= 11 is 13.7. The minimum atomic E-state index is -0.507. The molecule has 0 spiro atoms. The van der Waals surface area contributed by atoms with Crippen molar-refractivity contribution in [2.24, 2.45) is 0 Å². The SMILES string of the molecule is O=C(c1ccc(F)cc1Cl)N(Cc1cccnc1)c1nc2c(Cl)cccc2s1. The minimum absolute atomic E-state index is 0.0420. The number of thiazole rings is 1. The van der Waals surface area contributed by atoms with Crippen molar-refractivity contribution in [3.05, 3.63) is 87.9 Å². The van der Waals surface area contributed by atoms with Crippen LogP contribution in [0.2, 0.25) is 10.0 Å². The van der Waals surface area contributed by atoms with E-state index in [-0.39, 0.29) is 23.0 Å². The van der Waals surface area contributed by atoms with Gasteiger partial charge in [0.05, 0.1) is 26.9 Å². The van der Waals surface area contributed by atoms with Crippen LogP contribution in [0, 0.1) is 5.82 Å². The fraction of sp³-hybridized carbons (Fsp3) is 0.0500. The van der Waals surface area contributed by atoms with Crippen molar-refractivity contribution in [2.75, 3.05) is 4.90 Å². The number of anilines is 1. The second kappa shape index (κ2) is 7.83. The first kappa shape index (κ1) is 18.8. The van der Waals surface area contributed by atoms with Crippen LogP contribution in [-0.2, 0) is 6.54 Å². The summed E-state index contributed by atoms with van der Waals surface area (Å²) in [6.45, 7) is 0.234. The fourth-order valence-corrected chi connectivity index (χ4v) is 4.24. The molecule has 140 valence electrons. The van der Waals surface area contributed by atoms with E-state index in [1.54, 1.807) is 24.5 Å². The van der Waals surface area contributed by atoms with Crippen LogP contribution in [0.15, 0.2) is 60.9 Å². The molecule has 4 aromatic rings. The van der Waals surface area contributed by atoms with Gasteiger partial charge in [0, 0.05) is 12.4 Å². The molecular weight excluding hydrogens is 420 g/mol. The number of amides is 1. The Hall–Kier alpha value is -2.54. The normalized spacial score (nSPS) is 11.0. The average molecular weight is 432 g/mol. The molecule has 0 aliphatic rings. The Kier molecular flexibility index (Phi) is 5.26. The van der Waals surface area contributed by atoms with Gasteiger partial charge in [-0.2, -0.15) is 0 Å². The van der Waals surface area contributed by atoms with Crippen LogP contribution in [0.1, 0.15) is 15.9 Å². The Balaban J connectivity index is 1.80. The van der Waals surface area contributed by atoms with Crippen LogP contribution in [0.4, 0.5) is 9.52 Å². The zero-order valence-electron chi connectivity index (χ0n) is 14.3. The van der Waals surface area contributed by atoms with Gasteiger partial charge in [0.25, 0.3) is 5.91 Å². The standard InChI is InChI=1S/C20H12Cl2FN3OS/c21-15-4-1-5-17-18(15)25-20(28-17)26(11-12-3-2-8-24-10-12)19(27)14-7-6-13(23)9-16(14)22/h1-10H,11H2. The second-order valence-corrected chi connectivity index (χ2v) is 7.78. The van der Waals surface area contributed by atoms with E-state index in [0.717, 1.165) is 16.3 Å². The number of carbonyl (C=O) groups excluding carboxylic acids is 1. The third-order valence-corrected chi connectivity index (χ3v) is 5.72. The lowest BCUT2D eigenvalue weighted by Gasteiger charge is -2.20. The number of pyridine rings is 1. The molecule has 28 heavy (non-hydrogen) atoms. The molecule has 0 unspecified atom stereocenters. The summed E-state index contributed by atoms with van der Waals surface area (Å²) in [6, 6.07) is 12.8. The molecule has 0 bridgehead atoms. The summed E-state index contributed by atoms with van der Waals surface area (Å²) < 4.78 is 14.3. The summed E-state index contributed by atoms with van der Waals surface area (Å²) in [5.74, 6) is -0.892. The van der Waals surface area contributed by atoms with E-state index in [1.165, 1.54) is 28.4 Å². The first-order valence-electron chi connectivity index (χ1n) is 8.24. The van der Waals surface area contributed by atoms with Crippen molar-refractivity contribution in [1.29, 1.82) is 0 Å². The van der Waals surface area contributed by atoms with Gasteiger partial charge in [0.2, 0.25) is 0 Å². The van der Waals surface area contributed by atoms with Crippen molar-refractivity contribution < 1.29 is 9.18 Å². The van der Waals surface area contributed by atoms with E-state index in [4.69, 9.17) is 23.2 Å². The molecule has 8 heteroatoms. The number of halogens is 3. The number of hydrogen-bond donors (Lipinski definition) is 0. The highest BCUT2D eigenvalue weighted by molar-refractivity contribution is 7.22. The van der Waals surface area contributed by atoms with Gasteiger partial charge in [-0.05, 0) is 42.0 Å². The van der Waals surface area contributed by atoms with Crippen molar-refractivity contribution >= 4 is 55.8 Å². The maximum Gasteiger partial charge on any atom is 0.261 e. The molecule has 0 saturated heterocycles. The van der Waals surface area contributed by atoms with Crippen LogP contribution in [-0.4, -0.2) is 15.9 Å². The average Bonchev–Trinajstić information content (AvgIpc) is 3.12. The number of para-hydroxylation sites is 1. The zero-order chi connectivity index (χ0) is 19.7. The van der Waals surface area contributed by atoms with Gasteiger partial charge in [-0.25, -0.2) is 9.37 Å². The summed E-state index contributed by atoms with van der Waals surface area (Å²) in [5.41, 5.74) is 1.63. The Morgan fingerprint density at radius 2 is 1.96 bits per heavy atom. The smallest absolute Gasteiger partial charge is 0.261 e. The first-order chi connectivity index (χ1) is 13.5. The molecule has 4 rings (SSSR count). The number of hydrogen-bond acceptors (Lipinski definition) is 4. The molecule has 2 aromatic heterocycles. The van der Waals surface area contributed by atoms with Crippen LogP contribution < -0.4 is 4.90 Å². The maximum absolute atomic E-state index is 13.4. The second-order valence-electron chi connectivity index (χ2n) is 5.96. The molecule has 1 amide bonds. The third kappa shape index (κ3) is 3.71. The number of rotatable bonds is 4. The highest BCUT2D eigenvalue weighted by atomic mass is 35.5. The molecule has 2 aromatic carbocycles. The van der Waals surface area contributed by atoms with Gasteiger partial charge >= 0.3 is 0 Å². The van der Waals surface area contributed by atoms with Crippen molar-refractivity contribution in [1.82, 2.24) is 9.97 Å². The van der Waals surface area contributed by atoms with Gasteiger partial charge < -0.3 is 0 Å². The topological polar surface area (TPSA) is 46.1 Å². The lowest BCUT2D eigenvalue weighted by atomic mass is 10.2. The maximum atomic E-state index is 13.4. The Morgan fingerprint density at radius 1 is 1.11 bits per heavy atom.